The third-order valence-corrected chi connectivity index (χ3v) is 2.31. The van der Waals surface area contributed by atoms with Crippen LogP contribution in [-0.4, -0.2) is 36.3 Å². The molecule has 1 unspecified atom stereocenters. The topological polar surface area (TPSA) is 56.3 Å². The Morgan fingerprint density at radius 3 is 2.88 bits per heavy atom. The second-order valence-corrected chi connectivity index (χ2v) is 3.57. The molecule has 1 saturated heterocycles. The number of nitrogens with zero attached hydrogens (tertiary/aromatic N) is 2. The fraction of sp³-hybridized carbons (Fsp3) is 0.600. The van der Waals surface area contributed by atoms with Crippen LogP contribution in [0.4, 0.5) is 0 Å². The van der Waals surface area contributed by atoms with Gasteiger partial charge in [-0.25, -0.2) is 4.98 Å². The molecule has 0 aromatic carbocycles. The quantitative estimate of drug-likeness (QED) is 0.860. The number of hydrogen-bond acceptors (Lipinski definition) is 5. The molecule has 1 aromatic heterocycles. The first-order valence-electron chi connectivity index (χ1n) is 5.05. The van der Waals surface area contributed by atoms with Gasteiger partial charge in [-0.3, -0.25) is 0 Å². The van der Waals surface area contributed by atoms with E-state index in [-0.39, 0.29) is 18.5 Å². The van der Waals surface area contributed by atoms with Crippen LogP contribution < -0.4 is 14.8 Å². The van der Waals surface area contributed by atoms with Crippen LogP contribution in [0.5, 0.6) is 11.9 Å². The standard InChI is InChI=1S/C10H15N3O2.ClH/c1-7-5-9(14-2)13-10(12-7)15-8-3-4-11-6-8;/h5,8,11H,3-4,6H2,1-2H3;1H. The van der Waals surface area contributed by atoms with Crippen LogP contribution in [0.25, 0.3) is 0 Å². The first-order valence-corrected chi connectivity index (χ1v) is 5.05. The Kier molecular flexibility index (Phi) is 4.76. The van der Waals surface area contributed by atoms with Crippen molar-refractivity contribution in [2.45, 2.75) is 19.4 Å². The molecule has 0 aliphatic carbocycles. The number of aromatic nitrogens is 2. The zero-order valence-corrected chi connectivity index (χ0v) is 10.2. The number of rotatable bonds is 3. The first-order chi connectivity index (χ1) is 7.28. The van der Waals surface area contributed by atoms with Gasteiger partial charge >= 0.3 is 6.01 Å². The molecule has 0 radical (unpaired) electrons. The summed E-state index contributed by atoms with van der Waals surface area (Å²) in [6, 6.07) is 2.18. The van der Waals surface area contributed by atoms with Crippen LogP contribution in [0, 0.1) is 6.92 Å². The van der Waals surface area contributed by atoms with Gasteiger partial charge in [0, 0.05) is 18.3 Å². The van der Waals surface area contributed by atoms with Gasteiger partial charge in [-0.15, -0.1) is 12.4 Å². The molecule has 0 saturated carbocycles. The van der Waals surface area contributed by atoms with Crippen LogP contribution in [0.3, 0.4) is 0 Å². The minimum atomic E-state index is 0. The van der Waals surface area contributed by atoms with E-state index in [1.807, 2.05) is 6.92 Å². The van der Waals surface area contributed by atoms with Crippen molar-refractivity contribution in [3.63, 3.8) is 0 Å². The summed E-state index contributed by atoms with van der Waals surface area (Å²) in [6.07, 6.45) is 1.18. The second kappa shape index (κ2) is 5.86. The van der Waals surface area contributed by atoms with E-state index < -0.39 is 0 Å². The van der Waals surface area contributed by atoms with Crippen molar-refractivity contribution in [3.8, 4) is 11.9 Å². The van der Waals surface area contributed by atoms with Crippen LogP contribution in [0.15, 0.2) is 6.07 Å². The van der Waals surface area contributed by atoms with Crippen LogP contribution in [-0.2, 0) is 0 Å². The molecule has 2 heterocycles. The molecule has 1 fully saturated rings. The van der Waals surface area contributed by atoms with Gasteiger partial charge in [0.1, 0.15) is 6.10 Å². The molecule has 0 amide bonds. The smallest absolute Gasteiger partial charge is 0.320 e. The van der Waals surface area contributed by atoms with E-state index in [1.165, 1.54) is 0 Å². The molecule has 5 nitrogen and oxygen atoms in total. The fourth-order valence-electron chi connectivity index (χ4n) is 1.55. The molecule has 6 heteroatoms. The normalized spacial score (nSPS) is 19.0. The average molecular weight is 246 g/mol. The Labute approximate surface area is 101 Å². The SMILES string of the molecule is COc1cc(C)nc(OC2CCNC2)n1.Cl. The molecule has 1 aliphatic heterocycles. The number of methoxy groups -OCH3 is 1. The van der Waals surface area contributed by atoms with E-state index in [0.717, 1.165) is 25.2 Å². The van der Waals surface area contributed by atoms with Gasteiger partial charge in [0.25, 0.3) is 0 Å². The van der Waals surface area contributed by atoms with Crippen LogP contribution >= 0.6 is 12.4 Å². The zero-order chi connectivity index (χ0) is 10.7. The maximum absolute atomic E-state index is 5.63. The molecule has 1 N–H and O–H groups in total. The third-order valence-electron chi connectivity index (χ3n) is 2.31. The Morgan fingerprint density at radius 1 is 1.44 bits per heavy atom. The van der Waals surface area contributed by atoms with Crippen molar-refractivity contribution < 1.29 is 9.47 Å². The maximum atomic E-state index is 5.63. The minimum Gasteiger partial charge on any atom is -0.481 e. The van der Waals surface area contributed by atoms with Crippen LogP contribution in [0.1, 0.15) is 12.1 Å². The molecular weight excluding hydrogens is 230 g/mol. The Balaban J connectivity index is 0.00000128. The van der Waals surface area contributed by atoms with Gasteiger partial charge in [0.15, 0.2) is 0 Å². The zero-order valence-electron chi connectivity index (χ0n) is 9.40. The van der Waals surface area contributed by atoms with Crippen LogP contribution in [0.2, 0.25) is 0 Å². The molecule has 16 heavy (non-hydrogen) atoms. The Morgan fingerprint density at radius 2 is 2.25 bits per heavy atom. The molecule has 0 bridgehead atoms. The first kappa shape index (κ1) is 13.0. The van der Waals surface area contributed by atoms with Crippen molar-refractivity contribution in [3.05, 3.63) is 11.8 Å². The van der Waals surface area contributed by atoms with Crippen molar-refractivity contribution in [1.29, 1.82) is 0 Å². The van der Waals surface area contributed by atoms with E-state index in [9.17, 15) is 0 Å². The van der Waals surface area contributed by atoms with Gasteiger partial charge in [-0.05, 0) is 19.9 Å². The number of ether oxygens (including phenoxy) is 2. The minimum absolute atomic E-state index is 0. The molecular formula is C10H16ClN3O2. The second-order valence-electron chi connectivity index (χ2n) is 3.57. The van der Waals surface area contributed by atoms with Crippen molar-refractivity contribution in [2.75, 3.05) is 20.2 Å². The summed E-state index contributed by atoms with van der Waals surface area (Å²) < 4.78 is 10.7. The summed E-state index contributed by atoms with van der Waals surface area (Å²) in [7, 11) is 1.59. The lowest BCUT2D eigenvalue weighted by atomic mass is 10.3. The van der Waals surface area contributed by atoms with Gasteiger partial charge in [0.05, 0.1) is 7.11 Å². The summed E-state index contributed by atoms with van der Waals surface area (Å²) in [5.74, 6) is 0.545. The number of hydrogen-bond donors (Lipinski definition) is 1. The van der Waals surface area contributed by atoms with Gasteiger partial charge in [-0.1, -0.05) is 0 Å². The lowest BCUT2D eigenvalue weighted by Crippen LogP contribution is -2.20. The highest BCUT2D eigenvalue weighted by Crippen LogP contribution is 2.15. The molecule has 2 rings (SSSR count). The highest BCUT2D eigenvalue weighted by Gasteiger charge is 2.17. The predicted molar refractivity (Wildman–Crippen MR) is 62.5 cm³/mol. The monoisotopic (exact) mass is 245 g/mol. The molecule has 0 spiro atoms. The van der Waals surface area contributed by atoms with E-state index in [4.69, 9.17) is 9.47 Å². The molecule has 1 aromatic rings. The van der Waals surface area contributed by atoms with E-state index >= 15 is 0 Å². The predicted octanol–water partition coefficient (Wildman–Crippen LogP) is 0.956. The van der Waals surface area contributed by atoms with E-state index in [0.29, 0.717) is 11.9 Å². The summed E-state index contributed by atoms with van der Waals surface area (Å²) >= 11 is 0. The maximum Gasteiger partial charge on any atom is 0.320 e. The fourth-order valence-corrected chi connectivity index (χ4v) is 1.55. The lowest BCUT2D eigenvalue weighted by Gasteiger charge is -2.11. The van der Waals surface area contributed by atoms with Crippen molar-refractivity contribution >= 4 is 12.4 Å². The summed E-state index contributed by atoms with van der Waals surface area (Å²) in [4.78, 5) is 8.34. The van der Waals surface area contributed by atoms with Gasteiger partial charge < -0.3 is 14.8 Å². The molecule has 1 atom stereocenters. The van der Waals surface area contributed by atoms with Gasteiger partial charge in [0.2, 0.25) is 5.88 Å². The van der Waals surface area contributed by atoms with E-state index in [1.54, 1.807) is 13.2 Å². The van der Waals surface area contributed by atoms with Gasteiger partial charge in [-0.2, -0.15) is 4.98 Å². The number of halogens is 1. The van der Waals surface area contributed by atoms with E-state index in [2.05, 4.69) is 15.3 Å². The van der Waals surface area contributed by atoms with Crippen molar-refractivity contribution in [1.82, 2.24) is 15.3 Å². The Hall–Kier alpha value is -1.07. The third kappa shape index (κ3) is 3.21. The highest BCUT2D eigenvalue weighted by atomic mass is 35.5. The largest absolute Gasteiger partial charge is 0.481 e. The summed E-state index contributed by atoms with van der Waals surface area (Å²) in [6.45, 7) is 3.75. The molecule has 90 valence electrons. The van der Waals surface area contributed by atoms with Crippen molar-refractivity contribution in [2.24, 2.45) is 0 Å². The highest BCUT2D eigenvalue weighted by molar-refractivity contribution is 5.85. The number of nitrogens with one attached hydrogen (secondary N) is 1. The molecule has 1 aliphatic rings. The average Bonchev–Trinajstić information content (AvgIpc) is 2.69. The summed E-state index contributed by atoms with van der Waals surface area (Å²) in [5.41, 5.74) is 0.850. The Bertz CT molecular complexity index is 343. The number of aryl methyl sites for hydroxylation is 1. The summed E-state index contributed by atoms with van der Waals surface area (Å²) in [5, 5.41) is 3.22. The lowest BCUT2D eigenvalue weighted by molar-refractivity contribution is 0.201.